The van der Waals surface area contributed by atoms with E-state index in [4.69, 9.17) is 5.73 Å². The molecule has 0 radical (unpaired) electrons. The number of nitrogens with one attached hydrogen (secondary N) is 1. The highest BCUT2D eigenvalue weighted by molar-refractivity contribution is 5.66. The van der Waals surface area contributed by atoms with E-state index in [-0.39, 0.29) is 11.4 Å². The van der Waals surface area contributed by atoms with Gasteiger partial charge in [-0.2, -0.15) is 4.98 Å². The van der Waals surface area contributed by atoms with Crippen LogP contribution in [0.3, 0.4) is 0 Å². The van der Waals surface area contributed by atoms with E-state index in [9.17, 15) is 8.78 Å². The average molecular weight is 476 g/mol. The predicted molar refractivity (Wildman–Crippen MR) is 128 cm³/mol. The number of benzene rings is 1. The van der Waals surface area contributed by atoms with Gasteiger partial charge in [-0.15, -0.1) is 5.10 Å². The number of anilines is 4. The Morgan fingerprint density at radius 2 is 1.91 bits per heavy atom. The number of nitrogen functional groups attached to an aromatic ring is 1. The van der Waals surface area contributed by atoms with Gasteiger partial charge in [-0.05, 0) is 49.2 Å². The van der Waals surface area contributed by atoms with Gasteiger partial charge in [-0.1, -0.05) is 0 Å². The first-order valence-electron chi connectivity index (χ1n) is 11.3. The lowest BCUT2D eigenvalue weighted by atomic mass is 9.62. The van der Waals surface area contributed by atoms with Crippen molar-refractivity contribution in [2.45, 2.75) is 19.0 Å². The highest BCUT2D eigenvalue weighted by Crippen LogP contribution is 2.50. The van der Waals surface area contributed by atoms with Crippen LogP contribution in [0, 0.1) is 11.2 Å². The molecule has 0 unspecified atom stereocenters. The van der Waals surface area contributed by atoms with Crippen LogP contribution < -0.4 is 16.0 Å². The lowest BCUT2D eigenvalue weighted by molar-refractivity contribution is 0.000447. The highest BCUT2D eigenvalue weighted by atomic mass is 19.1. The van der Waals surface area contributed by atoms with Crippen LogP contribution in [-0.2, 0) is 7.05 Å². The van der Waals surface area contributed by atoms with Crippen molar-refractivity contribution in [3.8, 4) is 22.6 Å². The number of aromatic nitrogens is 6. The Balaban J connectivity index is 1.15. The zero-order valence-corrected chi connectivity index (χ0v) is 19.0. The molecular weight excluding hydrogens is 452 g/mol. The molecule has 9 nitrogen and oxygen atoms in total. The normalized spacial score (nSPS) is 16.7. The Morgan fingerprint density at radius 1 is 1.09 bits per heavy atom. The Morgan fingerprint density at radius 3 is 2.60 bits per heavy atom. The maximum Gasteiger partial charge on any atom is 0.225 e. The molecule has 3 N–H and O–H groups in total. The van der Waals surface area contributed by atoms with Gasteiger partial charge in [0, 0.05) is 54.8 Å². The van der Waals surface area contributed by atoms with E-state index in [2.05, 4.69) is 35.3 Å². The van der Waals surface area contributed by atoms with Crippen molar-refractivity contribution in [1.29, 1.82) is 0 Å². The predicted octanol–water partition coefficient (Wildman–Crippen LogP) is 3.74. The topological polar surface area (TPSA) is 111 Å². The lowest BCUT2D eigenvalue weighted by Crippen LogP contribution is -2.63. The van der Waals surface area contributed by atoms with Crippen molar-refractivity contribution in [3.05, 3.63) is 54.6 Å². The third-order valence-electron chi connectivity index (χ3n) is 6.63. The van der Waals surface area contributed by atoms with Gasteiger partial charge in [0.15, 0.2) is 5.82 Å². The fraction of sp³-hybridized carbons (Fsp3) is 0.292. The summed E-state index contributed by atoms with van der Waals surface area (Å²) in [6.45, 7) is 1.71. The summed E-state index contributed by atoms with van der Waals surface area (Å²) in [5.41, 5.74) is 7.78. The van der Waals surface area contributed by atoms with Crippen molar-refractivity contribution in [2.24, 2.45) is 12.5 Å². The summed E-state index contributed by atoms with van der Waals surface area (Å²) in [6.07, 6.45) is 3.91. The number of alkyl halides is 1. The summed E-state index contributed by atoms with van der Waals surface area (Å²) in [4.78, 5) is 19.2. The summed E-state index contributed by atoms with van der Waals surface area (Å²) in [6, 6.07) is 10.2. The lowest BCUT2D eigenvalue weighted by Gasteiger charge is -2.57. The minimum atomic E-state index is -0.641. The summed E-state index contributed by atoms with van der Waals surface area (Å²) >= 11 is 0. The Hall–Kier alpha value is -4.15. The van der Waals surface area contributed by atoms with Gasteiger partial charge in [-0.3, -0.25) is 0 Å². The smallest absolute Gasteiger partial charge is 0.225 e. The zero-order chi connectivity index (χ0) is 24.2. The Bertz CT molecular complexity index is 1390. The quantitative estimate of drug-likeness (QED) is 0.449. The largest absolute Gasteiger partial charge is 0.368 e. The number of rotatable bonds is 5. The van der Waals surface area contributed by atoms with Gasteiger partial charge in [0.25, 0.3) is 0 Å². The van der Waals surface area contributed by atoms with E-state index in [0.29, 0.717) is 41.6 Å². The number of pyridine rings is 1. The van der Waals surface area contributed by atoms with Crippen LogP contribution in [0.1, 0.15) is 12.8 Å². The van der Waals surface area contributed by atoms with Crippen LogP contribution in [0.5, 0.6) is 0 Å². The molecule has 4 heterocycles. The van der Waals surface area contributed by atoms with Gasteiger partial charge in [0.1, 0.15) is 17.8 Å². The number of nitrogens with two attached hydrogens (primary N) is 1. The molecule has 1 aliphatic heterocycles. The van der Waals surface area contributed by atoms with Crippen LogP contribution in [0.15, 0.2) is 48.8 Å². The number of aryl methyl sites for hydroxylation is 1. The number of hydrogen-bond acceptors (Lipinski definition) is 8. The second-order valence-corrected chi connectivity index (χ2v) is 9.27. The van der Waals surface area contributed by atoms with Gasteiger partial charge in [0.2, 0.25) is 11.9 Å². The minimum Gasteiger partial charge on any atom is -0.368 e. The van der Waals surface area contributed by atoms with E-state index >= 15 is 0 Å². The average Bonchev–Trinajstić information content (AvgIpc) is 3.15. The molecule has 0 amide bonds. The molecule has 1 spiro atoms. The molecule has 2 aliphatic rings. The number of nitrogens with zero attached hydrogens (tertiary/aromatic N) is 7. The van der Waals surface area contributed by atoms with Crippen molar-refractivity contribution >= 4 is 23.4 Å². The molecular formula is C24H23F2N9. The van der Waals surface area contributed by atoms with E-state index < -0.39 is 12.0 Å². The zero-order valence-electron chi connectivity index (χ0n) is 19.0. The molecule has 1 aromatic carbocycles. The van der Waals surface area contributed by atoms with Crippen LogP contribution in [0.25, 0.3) is 22.6 Å². The molecule has 35 heavy (non-hydrogen) atoms. The molecule has 11 heteroatoms. The Labute approximate surface area is 200 Å². The van der Waals surface area contributed by atoms with Crippen LogP contribution in [0.4, 0.5) is 32.2 Å². The first-order chi connectivity index (χ1) is 16.9. The maximum absolute atomic E-state index is 14.8. The molecule has 1 saturated carbocycles. The third kappa shape index (κ3) is 3.92. The van der Waals surface area contributed by atoms with Crippen molar-refractivity contribution in [1.82, 2.24) is 29.7 Å². The summed E-state index contributed by atoms with van der Waals surface area (Å²) in [7, 11) is 1.76. The Kier molecular flexibility index (Phi) is 4.87. The van der Waals surface area contributed by atoms with Gasteiger partial charge >= 0.3 is 0 Å². The molecule has 1 saturated heterocycles. The van der Waals surface area contributed by atoms with Crippen LogP contribution in [0.2, 0.25) is 0 Å². The van der Waals surface area contributed by atoms with Gasteiger partial charge in [0.05, 0.1) is 5.69 Å². The second kappa shape index (κ2) is 7.97. The molecule has 1 aliphatic carbocycles. The van der Waals surface area contributed by atoms with E-state index in [0.717, 1.165) is 24.5 Å². The molecule has 0 atom stereocenters. The fourth-order valence-corrected chi connectivity index (χ4v) is 4.84. The molecule has 4 aromatic rings. The number of halogens is 2. The minimum absolute atomic E-state index is 0.0836. The molecule has 2 fully saturated rings. The SMILES string of the molecule is Cn1nc(-c2ccc(N3CC4(CC(F)C4)C3)nc2)nc1Nc1ccc(-c2ccnc(N)n2)c(F)c1. The number of hydrogen-bond donors (Lipinski definition) is 2. The third-order valence-corrected chi connectivity index (χ3v) is 6.63. The van der Waals surface area contributed by atoms with E-state index in [1.54, 1.807) is 36.1 Å². The first-order valence-corrected chi connectivity index (χ1v) is 11.3. The van der Waals surface area contributed by atoms with Crippen molar-refractivity contribution in [3.63, 3.8) is 0 Å². The second-order valence-electron chi connectivity index (χ2n) is 9.27. The van der Waals surface area contributed by atoms with Crippen LogP contribution >= 0.6 is 0 Å². The van der Waals surface area contributed by atoms with Crippen molar-refractivity contribution < 1.29 is 8.78 Å². The first kappa shape index (κ1) is 21.4. The van der Waals surface area contributed by atoms with Gasteiger partial charge < -0.3 is 16.0 Å². The van der Waals surface area contributed by atoms with E-state index in [1.807, 2.05) is 12.1 Å². The summed E-state index contributed by atoms with van der Waals surface area (Å²) < 4.78 is 29.6. The standard InChI is InChI=1S/C24H23F2N9/c1-34-23(30-16-3-4-17(18(26)8-16)19-6-7-28-22(27)31-19)32-21(33-34)14-2-5-20(29-11-14)35-12-24(13-35)9-15(25)10-24/h2-8,11,15H,9-10,12-13H2,1H3,(H2,27,28,31)(H,30,32,33). The monoisotopic (exact) mass is 475 g/mol. The van der Waals surface area contributed by atoms with Gasteiger partial charge in [-0.25, -0.2) is 28.4 Å². The summed E-state index contributed by atoms with van der Waals surface area (Å²) in [5.74, 6) is 1.46. The fourth-order valence-electron chi connectivity index (χ4n) is 4.84. The van der Waals surface area contributed by atoms with Crippen molar-refractivity contribution in [2.75, 3.05) is 29.0 Å². The molecule has 6 rings (SSSR count). The molecule has 178 valence electrons. The summed E-state index contributed by atoms with van der Waals surface area (Å²) in [5, 5.41) is 7.56. The van der Waals surface area contributed by atoms with Crippen LogP contribution in [-0.4, -0.2) is 49.0 Å². The maximum atomic E-state index is 14.8. The molecule has 3 aromatic heterocycles. The molecule has 0 bridgehead atoms. The highest BCUT2D eigenvalue weighted by Gasteiger charge is 2.53. The van der Waals surface area contributed by atoms with E-state index in [1.165, 1.54) is 12.3 Å².